The average molecular weight is 253 g/mol. The highest BCUT2D eigenvalue weighted by molar-refractivity contribution is 5.21. The van der Waals surface area contributed by atoms with Gasteiger partial charge >= 0.3 is 0 Å². The highest BCUT2D eigenvalue weighted by atomic mass is 19.1. The van der Waals surface area contributed by atoms with Crippen LogP contribution in [0.15, 0.2) is 18.2 Å². The topological polar surface area (TPSA) is 23.5 Å². The van der Waals surface area contributed by atoms with Crippen molar-refractivity contribution in [3.8, 4) is 0 Å². The highest BCUT2D eigenvalue weighted by Crippen LogP contribution is 2.35. The molecule has 2 fully saturated rings. The molecule has 1 aromatic carbocycles. The summed E-state index contributed by atoms with van der Waals surface area (Å²) < 4.78 is 26.7. The summed E-state index contributed by atoms with van der Waals surface area (Å²) in [4.78, 5) is 2.26. The molecule has 18 heavy (non-hydrogen) atoms. The van der Waals surface area contributed by atoms with Gasteiger partial charge in [-0.3, -0.25) is 4.90 Å². The number of halogens is 2. The molecule has 1 aliphatic carbocycles. The van der Waals surface area contributed by atoms with E-state index in [0.717, 1.165) is 18.7 Å². The lowest BCUT2D eigenvalue weighted by Crippen LogP contribution is -2.36. The number of hydrogen-bond donors (Lipinski definition) is 1. The molecule has 1 heterocycles. The van der Waals surface area contributed by atoms with Crippen LogP contribution in [-0.4, -0.2) is 34.7 Å². The molecule has 2 nitrogen and oxygen atoms in total. The van der Waals surface area contributed by atoms with Crippen molar-refractivity contribution in [2.75, 3.05) is 13.1 Å². The molecule has 0 radical (unpaired) electrons. The van der Waals surface area contributed by atoms with Gasteiger partial charge in [-0.1, -0.05) is 0 Å². The second-order valence-corrected chi connectivity index (χ2v) is 5.59. The smallest absolute Gasteiger partial charge is 0.126 e. The number of benzene rings is 1. The summed E-state index contributed by atoms with van der Waals surface area (Å²) in [6.07, 6.45) is 3.23. The van der Waals surface area contributed by atoms with E-state index in [1.54, 1.807) is 0 Å². The van der Waals surface area contributed by atoms with E-state index in [2.05, 4.69) is 4.90 Å². The predicted molar refractivity (Wildman–Crippen MR) is 64.2 cm³/mol. The Hall–Kier alpha value is -1.00. The summed E-state index contributed by atoms with van der Waals surface area (Å²) in [5.41, 5.74) is -0.632. The molecule has 1 aromatic rings. The predicted octanol–water partition coefficient (Wildman–Crippen LogP) is 2.11. The second kappa shape index (κ2) is 4.28. The van der Waals surface area contributed by atoms with Gasteiger partial charge in [0.05, 0.1) is 5.60 Å². The van der Waals surface area contributed by atoms with Crippen molar-refractivity contribution in [2.45, 2.75) is 37.3 Å². The summed E-state index contributed by atoms with van der Waals surface area (Å²) in [5.74, 6) is -0.887. The Balaban J connectivity index is 1.73. The minimum atomic E-state index is -0.906. The summed E-state index contributed by atoms with van der Waals surface area (Å²) in [7, 11) is 0. The molecule has 1 saturated heterocycles. The van der Waals surface area contributed by atoms with Crippen molar-refractivity contribution in [1.29, 1.82) is 0 Å². The maximum Gasteiger partial charge on any atom is 0.126 e. The van der Waals surface area contributed by atoms with Gasteiger partial charge < -0.3 is 5.11 Å². The number of rotatable bonds is 3. The molecule has 0 aromatic heterocycles. The number of aliphatic hydroxyl groups is 1. The van der Waals surface area contributed by atoms with Crippen LogP contribution in [0.4, 0.5) is 8.78 Å². The first kappa shape index (κ1) is 12.1. The summed E-state index contributed by atoms with van der Waals surface area (Å²) in [6.45, 7) is 1.44. The molecule has 0 spiro atoms. The first-order valence-corrected chi connectivity index (χ1v) is 6.46. The number of β-amino-alcohol motifs (C(OH)–C–C–N with tert-alkyl or cyclic N) is 1. The Morgan fingerprint density at radius 2 is 2.11 bits per heavy atom. The zero-order valence-electron chi connectivity index (χ0n) is 10.2. The highest BCUT2D eigenvalue weighted by Gasteiger charge is 2.42. The standard InChI is InChI=1S/C14H17F2NO/c15-11-1-4-13(16)10(7-11)8-14(18)5-6-17(9-14)12-2-3-12/h1,4,7,12,18H,2-3,5-6,8-9H2. The molecule has 2 aliphatic rings. The van der Waals surface area contributed by atoms with Gasteiger partial charge in [0.25, 0.3) is 0 Å². The number of likely N-dealkylation sites (tertiary alicyclic amines) is 1. The van der Waals surface area contributed by atoms with E-state index in [1.165, 1.54) is 18.9 Å². The van der Waals surface area contributed by atoms with Gasteiger partial charge in [0.2, 0.25) is 0 Å². The van der Waals surface area contributed by atoms with Crippen LogP contribution in [0.1, 0.15) is 24.8 Å². The number of nitrogens with zero attached hydrogens (tertiary/aromatic N) is 1. The summed E-state index contributed by atoms with van der Waals surface area (Å²) >= 11 is 0. The minimum Gasteiger partial charge on any atom is -0.388 e. The molecule has 0 amide bonds. The van der Waals surface area contributed by atoms with E-state index in [9.17, 15) is 13.9 Å². The molecule has 1 atom stereocenters. The molecule has 1 unspecified atom stereocenters. The van der Waals surface area contributed by atoms with Crippen molar-refractivity contribution in [3.05, 3.63) is 35.4 Å². The Bertz CT molecular complexity index is 461. The second-order valence-electron chi connectivity index (χ2n) is 5.59. The van der Waals surface area contributed by atoms with Gasteiger partial charge in [-0.15, -0.1) is 0 Å². The lowest BCUT2D eigenvalue weighted by atomic mass is 9.93. The van der Waals surface area contributed by atoms with Crippen LogP contribution >= 0.6 is 0 Å². The monoisotopic (exact) mass is 253 g/mol. The third-order valence-electron chi connectivity index (χ3n) is 3.95. The van der Waals surface area contributed by atoms with E-state index in [0.29, 0.717) is 19.0 Å². The van der Waals surface area contributed by atoms with Crippen LogP contribution in [0.3, 0.4) is 0 Å². The fourth-order valence-electron chi connectivity index (χ4n) is 2.82. The molecule has 1 saturated carbocycles. The van der Waals surface area contributed by atoms with Crippen LogP contribution in [-0.2, 0) is 6.42 Å². The maximum absolute atomic E-state index is 13.6. The third kappa shape index (κ3) is 2.40. The summed E-state index contributed by atoms with van der Waals surface area (Å²) in [6, 6.07) is 4.03. The van der Waals surface area contributed by atoms with E-state index < -0.39 is 17.2 Å². The van der Waals surface area contributed by atoms with Gasteiger partial charge in [0, 0.05) is 25.6 Å². The van der Waals surface area contributed by atoms with Crippen molar-refractivity contribution in [3.63, 3.8) is 0 Å². The molecule has 0 bridgehead atoms. The van der Waals surface area contributed by atoms with Crippen molar-refractivity contribution in [2.24, 2.45) is 0 Å². The van der Waals surface area contributed by atoms with Gasteiger partial charge in [-0.05, 0) is 43.0 Å². The normalized spacial score (nSPS) is 28.8. The van der Waals surface area contributed by atoms with Crippen LogP contribution in [0.2, 0.25) is 0 Å². The molecule has 1 N–H and O–H groups in total. The van der Waals surface area contributed by atoms with Gasteiger partial charge in [0.15, 0.2) is 0 Å². The molecule has 98 valence electrons. The molecule has 4 heteroatoms. The molecular weight excluding hydrogens is 236 g/mol. The van der Waals surface area contributed by atoms with Crippen LogP contribution in [0.25, 0.3) is 0 Å². The number of hydrogen-bond acceptors (Lipinski definition) is 2. The fraction of sp³-hybridized carbons (Fsp3) is 0.571. The molecular formula is C14H17F2NO. The lowest BCUT2D eigenvalue weighted by Gasteiger charge is -2.23. The largest absolute Gasteiger partial charge is 0.388 e. The Kier molecular flexibility index (Phi) is 2.87. The average Bonchev–Trinajstić information content (AvgIpc) is 3.09. The Labute approximate surface area is 105 Å². The van der Waals surface area contributed by atoms with Crippen LogP contribution in [0.5, 0.6) is 0 Å². The zero-order valence-corrected chi connectivity index (χ0v) is 10.2. The maximum atomic E-state index is 13.6. The minimum absolute atomic E-state index is 0.194. The first-order chi connectivity index (χ1) is 8.56. The quantitative estimate of drug-likeness (QED) is 0.891. The van der Waals surface area contributed by atoms with E-state index >= 15 is 0 Å². The zero-order chi connectivity index (χ0) is 12.8. The third-order valence-corrected chi connectivity index (χ3v) is 3.95. The fourth-order valence-corrected chi connectivity index (χ4v) is 2.82. The van der Waals surface area contributed by atoms with Gasteiger partial charge in [-0.2, -0.15) is 0 Å². The van der Waals surface area contributed by atoms with E-state index in [-0.39, 0.29) is 12.0 Å². The van der Waals surface area contributed by atoms with Crippen LogP contribution < -0.4 is 0 Å². The van der Waals surface area contributed by atoms with Gasteiger partial charge in [0.1, 0.15) is 11.6 Å². The van der Waals surface area contributed by atoms with Crippen molar-refractivity contribution >= 4 is 0 Å². The van der Waals surface area contributed by atoms with E-state index in [4.69, 9.17) is 0 Å². The van der Waals surface area contributed by atoms with Gasteiger partial charge in [-0.25, -0.2) is 8.78 Å². The van der Waals surface area contributed by atoms with Crippen molar-refractivity contribution < 1.29 is 13.9 Å². The lowest BCUT2D eigenvalue weighted by molar-refractivity contribution is 0.0478. The van der Waals surface area contributed by atoms with Crippen molar-refractivity contribution in [1.82, 2.24) is 4.90 Å². The Morgan fingerprint density at radius 1 is 1.33 bits per heavy atom. The Morgan fingerprint density at radius 3 is 2.83 bits per heavy atom. The molecule has 3 rings (SSSR count). The van der Waals surface area contributed by atoms with E-state index in [1.807, 2.05) is 0 Å². The van der Waals surface area contributed by atoms with Crippen LogP contribution in [0, 0.1) is 11.6 Å². The summed E-state index contributed by atoms with van der Waals surface area (Å²) in [5, 5.41) is 10.5. The molecule has 1 aliphatic heterocycles. The first-order valence-electron chi connectivity index (χ1n) is 6.46. The SMILES string of the molecule is OC1(Cc2cc(F)ccc2F)CCN(C2CC2)C1.